The van der Waals surface area contributed by atoms with Crippen LogP contribution in [-0.4, -0.2) is 48.6 Å². The molecule has 0 bridgehead atoms. The van der Waals surface area contributed by atoms with E-state index in [1.54, 1.807) is 11.9 Å². The van der Waals surface area contributed by atoms with Crippen LogP contribution in [0.2, 0.25) is 0 Å². The smallest absolute Gasteiger partial charge is 0.369 e. The third kappa shape index (κ3) is 2.40. The fraction of sp³-hybridized carbons (Fsp3) is 0.625. The zero-order valence-electron chi connectivity index (χ0n) is 7.76. The molecule has 0 radical (unpaired) electrons. The number of likely N-dealkylation sites (N-methyl/N-ethyl adjacent to an activating group) is 1. The lowest BCUT2D eigenvalue weighted by Gasteiger charge is -2.34. The molecule has 1 rings (SSSR count). The van der Waals surface area contributed by atoms with E-state index in [1.807, 2.05) is 0 Å². The highest BCUT2D eigenvalue weighted by atomic mass is 19.4. The van der Waals surface area contributed by atoms with E-state index in [9.17, 15) is 18.0 Å². The van der Waals surface area contributed by atoms with E-state index in [2.05, 4.69) is 6.58 Å². The number of amides is 1. The predicted molar refractivity (Wildman–Crippen MR) is 44.4 cm³/mol. The summed E-state index contributed by atoms with van der Waals surface area (Å²) in [5.41, 5.74) is 0.112. The van der Waals surface area contributed by atoms with Gasteiger partial charge in [0, 0.05) is 20.1 Å². The van der Waals surface area contributed by atoms with E-state index in [0.717, 1.165) is 4.90 Å². The van der Waals surface area contributed by atoms with Crippen molar-refractivity contribution in [2.45, 2.75) is 6.18 Å². The van der Waals surface area contributed by atoms with Crippen LogP contribution in [0.1, 0.15) is 0 Å². The number of rotatable bonds is 1. The Hall–Kier alpha value is -1.20. The van der Waals surface area contributed by atoms with Gasteiger partial charge in [-0.1, -0.05) is 6.58 Å². The van der Waals surface area contributed by atoms with Crippen molar-refractivity contribution in [1.82, 2.24) is 9.80 Å². The maximum absolute atomic E-state index is 12.0. The summed E-state index contributed by atoms with van der Waals surface area (Å²) in [7, 11) is 1.63. The molecule has 0 aromatic rings. The molecule has 80 valence electrons. The van der Waals surface area contributed by atoms with Gasteiger partial charge in [0.05, 0.1) is 5.70 Å². The van der Waals surface area contributed by atoms with Crippen LogP contribution < -0.4 is 0 Å². The molecule has 0 unspecified atom stereocenters. The molecule has 1 heterocycles. The molecule has 0 spiro atoms. The Morgan fingerprint density at radius 1 is 1.43 bits per heavy atom. The van der Waals surface area contributed by atoms with Crippen molar-refractivity contribution in [2.75, 3.05) is 26.7 Å². The van der Waals surface area contributed by atoms with Gasteiger partial charge < -0.3 is 9.80 Å². The highest BCUT2D eigenvalue weighted by molar-refractivity contribution is 5.92. The second-order valence-corrected chi connectivity index (χ2v) is 3.21. The van der Waals surface area contributed by atoms with Crippen molar-refractivity contribution in [3.63, 3.8) is 0 Å². The minimum atomic E-state index is -4.34. The molecule has 0 aromatic carbocycles. The average molecular weight is 208 g/mol. The van der Waals surface area contributed by atoms with Crippen molar-refractivity contribution in [3.05, 3.63) is 12.3 Å². The van der Waals surface area contributed by atoms with E-state index < -0.39 is 18.6 Å². The van der Waals surface area contributed by atoms with E-state index in [0.29, 0.717) is 6.54 Å². The lowest BCUT2D eigenvalue weighted by molar-refractivity contribution is -0.162. The molecule has 0 aromatic heterocycles. The van der Waals surface area contributed by atoms with E-state index in [-0.39, 0.29) is 12.2 Å². The number of piperazine rings is 1. The third-order valence-corrected chi connectivity index (χ3v) is 2.07. The molecule has 1 aliphatic rings. The fourth-order valence-corrected chi connectivity index (χ4v) is 1.22. The normalized spacial score (nSPS) is 19.1. The summed E-state index contributed by atoms with van der Waals surface area (Å²) in [4.78, 5) is 13.6. The third-order valence-electron chi connectivity index (χ3n) is 2.07. The van der Waals surface area contributed by atoms with Crippen molar-refractivity contribution in [3.8, 4) is 0 Å². The molecule has 3 nitrogen and oxygen atoms in total. The number of carbonyl (C=O) groups is 1. The molecule has 0 atom stereocenters. The Morgan fingerprint density at radius 2 is 2.00 bits per heavy atom. The molecule has 0 aliphatic carbocycles. The predicted octanol–water partition coefficient (Wildman–Crippen LogP) is 0.836. The first-order valence-electron chi connectivity index (χ1n) is 4.07. The quantitative estimate of drug-likeness (QED) is 0.596. The summed E-state index contributed by atoms with van der Waals surface area (Å²) >= 11 is 0. The van der Waals surface area contributed by atoms with Crippen molar-refractivity contribution < 1.29 is 18.0 Å². The Kier molecular flexibility index (Phi) is 2.73. The van der Waals surface area contributed by atoms with Gasteiger partial charge in [-0.15, -0.1) is 0 Å². The lowest BCUT2D eigenvalue weighted by atomic mass is 10.2. The molecule has 1 aliphatic heterocycles. The number of hydrogen-bond acceptors (Lipinski definition) is 2. The van der Waals surface area contributed by atoms with Gasteiger partial charge in [-0.3, -0.25) is 4.79 Å². The summed E-state index contributed by atoms with van der Waals surface area (Å²) in [5, 5.41) is 0. The molecule has 6 heteroatoms. The highest BCUT2D eigenvalue weighted by Gasteiger charge is 2.35. The second-order valence-electron chi connectivity index (χ2n) is 3.21. The van der Waals surface area contributed by atoms with Crippen LogP contribution in [-0.2, 0) is 4.79 Å². The minimum absolute atomic E-state index is 0.0911. The highest BCUT2D eigenvalue weighted by Crippen LogP contribution is 2.20. The zero-order chi connectivity index (χ0) is 10.9. The van der Waals surface area contributed by atoms with Crippen LogP contribution in [0, 0.1) is 0 Å². The molecule has 1 saturated heterocycles. The molecule has 1 fully saturated rings. The number of nitrogens with zero attached hydrogens (tertiary/aromatic N) is 2. The summed E-state index contributed by atoms with van der Waals surface area (Å²) in [5.74, 6) is -0.643. The second kappa shape index (κ2) is 3.51. The van der Waals surface area contributed by atoms with Crippen molar-refractivity contribution in [1.29, 1.82) is 0 Å². The van der Waals surface area contributed by atoms with Crippen LogP contribution in [0.15, 0.2) is 12.3 Å². The SMILES string of the molecule is C=C1C(=O)N(CC(F)(F)F)CCN1C. The lowest BCUT2D eigenvalue weighted by Crippen LogP contribution is -2.49. The van der Waals surface area contributed by atoms with Crippen LogP contribution in [0.4, 0.5) is 13.2 Å². The maximum atomic E-state index is 12.0. The monoisotopic (exact) mass is 208 g/mol. The van der Waals surface area contributed by atoms with Gasteiger partial charge in [-0.25, -0.2) is 0 Å². The summed E-state index contributed by atoms with van der Waals surface area (Å²) in [6.45, 7) is 2.71. The Morgan fingerprint density at radius 3 is 2.50 bits per heavy atom. The van der Waals surface area contributed by atoms with Crippen LogP contribution in [0.5, 0.6) is 0 Å². The molecule has 0 N–H and O–H groups in total. The maximum Gasteiger partial charge on any atom is 0.406 e. The van der Waals surface area contributed by atoms with E-state index in [4.69, 9.17) is 0 Å². The average Bonchev–Trinajstić information content (AvgIpc) is 2.04. The van der Waals surface area contributed by atoms with Gasteiger partial charge in [0.1, 0.15) is 6.54 Å². The number of alkyl halides is 3. The van der Waals surface area contributed by atoms with Gasteiger partial charge in [0.2, 0.25) is 0 Å². The fourth-order valence-electron chi connectivity index (χ4n) is 1.22. The molecular weight excluding hydrogens is 197 g/mol. The minimum Gasteiger partial charge on any atom is -0.369 e. The Labute approximate surface area is 79.8 Å². The molecular formula is C8H11F3N2O. The first-order valence-corrected chi connectivity index (χ1v) is 4.07. The summed E-state index contributed by atoms with van der Waals surface area (Å²) < 4.78 is 36.0. The molecule has 1 amide bonds. The largest absolute Gasteiger partial charge is 0.406 e. The number of halogens is 3. The van der Waals surface area contributed by atoms with E-state index in [1.165, 1.54) is 0 Å². The Bertz CT molecular complexity index is 262. The zero-order valence-corrected chi connectivity index (χ0v) is 7.76. The van der Waals surface area contributed by atoms with Gasteiger partial charge in [0.25, 0.3) is 5.91 Å². The Balaban J connectivity index is 2.65. The van der Waals surface area contributed by atoms with Crippen LogP contribution in [0.25, 0.3) is 0 Å². The first-order chi connectivity index (χ1) is 6.31. The van der Waals surface area contributed by atoms with Crippen LogP contribution in [0.3, 0.4) is 0 Å². The standard InChI is InChI=1S/C8H11F3N2O/c1-6-7(14)13(4-3-12(6)2)5-8(9,10)11/h1,3-5H2,2H3. The van der Waals surface area contributed by atoms with E-state index >= 15 is 0 Å². The first kappa shape index (κ1) is 10.9. The van der Waals surface area contributed by atoms with Gasteiger partial charge in [0.15, 0.2) is 0 Å². The summed E-state index contributed by atoms with van der Waals surface area (Å²) in [6.07, 6.45) is -4.34. The topological polar surface area (TPSA) is 23.6 Å². The summed E-state index contributed by atoms with van der Waals surface area (Å²) in [6, 6.07) is 0. The molecule has 14 heavy (non-hydrogen) atoms. The number of carbonyl (C=O) groups excluding carboxylic acids is 1. The van der Waals surface area contributed by atoms with Gasteiger partial charge >= 0.3 is 6.18 Å². The van der Waals surface area contributed by atoms with Gasteiger partial charge in [-0.2, -0.15) is 13.2 Å². The van der Waals surface area contributed by atoms with Crippen molar-refractivity contribution in [2.24, 2.45) is 0 Å². The van der Waals surface area contributed by atoms with Gasteiger partial charge in [-0.05, 0) is 0 Å². The number of hydrogen-bond donors (Lipinski definition) is 0. The molecule has 0 saturated carbocycles. The van der Waals surface area contributed by atoms with Crippen LogP contribution >= 0.6 is 0 Å². The van der Waals surface area contributed by atoms with Crippen molar-refractivity contribution >= 4 is 5.91 Å².